The van der Waals surface area contributed by atoms with Crippen LogP contribution in [0.4, 0.5) is 0 Å². The number of aryl methyl sites for hydroxylation is 1. The molecule has 2 heterocycles. The summed E-state index contributed by atoms with van der Waals surface area (Å²) in [6, 6.07) is 21.7. The van der Waals surface area contributed by atoms with Crippen LogP contribution in [-0.4, -0.2) is 48.9 Å². The maximum absolute atomic E-state index is 12.1. The van der Waals surface area contributed by atoms with Crippen molar-refractivity contribution in [2.75, 3.05) is 33.8 Å². The Morgan fingerprint density at radius 1 is 1.05 bits per heavy atom. The first-order valence-corrected chi connectivity index (χ1v) is 14.1. The molecule has 1 aliphatic carbocycles. The molecule has 5 rings (SSSR count). The molecule has 2 aromatic heterocycles. The number of benzene rings is 2. The summed E-state index contributed by atoms with van der Waals surface area (Å²) < 4.78 is 19.7. The number of pyridine rings is 1. The summed E-state index contributed by atoms with van der Waals surface area (Å²) in [6.45, 7) is 9.92. The third-order valence-corrected chi connectivity index (χ3v) is 8.69. The van der Waals surface area contributed by atoms with Gasteiger partial charge >= 0.3 is 5.63 Å². The van der Waals surface area contributed by atoms with Crippen LogP contribution in [0.1, 0.15) is 48.0 Å². The second kappa shape index (κ2) is 11.4. The number of methoxy groups -OCH3 is 1. The van der Waals surface area contributed by atoms with Gasteiger partial charge in [0.1, 0.15) is 11.4 Å². The average molecular weight is 540 g/mol. The van der Waals surface area contributed by atoms with Crippen molar-refractivity contribution in [3.63, 3.8) is 0 Å². The van der Waals surface area contributed by atoms with E-state index < -0.39 is 11.7 Å². The Kier molecular flexibility index (Phi) is 7.92. The van der Waals surface area contributed by atoms with Gasteiger partial charge in [0.05, 0.1) is 32.2 Å². The minimum absolute atomic E-state index is 0.355. The van der Waals surface area contributed by atoms with Crippen molar-refractivity contribution in [3.05, 3.63) is 111 Å². The standard InChI is InChI=1S/C34H39N2O4/c1-6-36(4,7-2)21-19-27-22-28(13-12-24(27)3)33(40-31-16-14-25-10-8-9-11-29(25)35-31)34(38-5)20-18-26-15-17-32(37)39-30(26)23-34/h8-18,20,22,33H,6-7,19,21,23H2,1-5H3/q+1. The SMILES string of the molecule is CC[N+](C)(CC)CCc1cc(C(Oc2ccc3ccccc3n2)C2(OC)C=Cc3ccc(=O)oc3C2)ccc1C. The number of nitrogens with zero attached hydrogens (tertiary/aromatic N) is 2. The van der Waals surface area contributed by atoms with E-state index in [0.29, 0.717) is 18.1 Å². The lowest BCUT2D eigenvalue weighted by atomic mass is 9.81. The number of rotatable bonds is 10. The third-order valence-electron chi connectivity index (χ3n) is 8.69. The summed E-state index contributed by atoms with van der Waals surface area (Å²) in [7, 11) is 4.00. The van der Waals surface area contributed by atoms with Gasteiger partial charge in [-0.15, -0.1) is 0 Å². The van der Waals surface area contributed by atoms with E-state index in [9.17, 15) is 4.79 Å². The maximum Gasteiger partial charge on any atom is 0.335 e. The molecule has 6 heteroatoms. The van der Waals surface area contributed by atoms with Crippen molar-refractivity contribution in [3.8, 4) is 5.88 Å². The van der Waals surface area contributed by atoms with Gasteiger partial charge in [0.25, 0.3) is 0 Å². The molecule has 0 amide bonds. The van der Waals surface area contributed by atoms with Gasteiger partial charge in [0, 0.05) is 43.0 Å². The van der Waals surface area contributed by atoms with Gasteiger partial charge in [0.2, 0.25) is 5.88 Å². The fourth-order valence-electron chi connectivity index (χ4n) is 5.46. The van der Waals surface area contributed by atoms with E-state index in [4.69, 9.17) is 18.9 Å². The van der Waals surface area contributed by atoms with Gasteiger partial charge in [-0.3, -0.25) is 0 Å². The van der Waals surface area contributed by atoms with Gasteiger partial charge in [-0.1, -0.05) is 42.5 Å². The lowest BCUT2D eigenvalue weighted by molar-refractivity contribution is -0.905. The zero-order valence-electron chi connectivity index (χ0n) is 24.1. The van der Waals surface area contributed by atoms with Crippen LogP contribution in [0.15, 0.2) is 82.0 Å². The zero-order chi connectivity index (χ0) is 28.3. The number of fused-ring (bicyclic) bond motifs is 2. The normalized spacial score (nSPS) is 17.5. The van der Waals surface area contributed by atoms with Crippen molar-refractivity contribution in [2.24, 2.45) is 0 Å². The van der Waals surface area contributed by atoms with E-state index in [1.54, 1.807) is 13.2 Å². The molecule has 0 fully saturated rings. The number of hydrogen-bond donors (Lipinski definition) is 0. The Balaban J connectivity index is 1.58. The number of hydrogen-bond acceptors (Lipinski definition) is 5. The summed E-state index contributed by atoms with van der Waals surface area (Å²) in [5.74, 6) is 1.10. The fraction of sp³-hybridized carbons (Fsp3) is 0.353. The van der Waals surface area contributed by atoms with Crippen molar-refractivity contribution in [1.29, 1.82) is 0 Å². The predicted molar refractivity (Wildman–Crippen MR) is 160 cm³/mol. The quantitative estimate of drug-likeness (QED) is 0.221. The second-order valence-electron chi connectivity index (χ2n) is 11.1. The summed E-state index contributed by atoms with van der Waals surface area (Å²) in [6.07, 6.45) is 4.76. The number of para-hydroxylation sites is 1. The molecule has 6 nitrogen and oxygen atoms in total. The Bertz CT molecular complexity index is 1590. The molecule has 0 spiro atoms. The van der Waals surface area contributed by atoms with Gasteiger partial charge in [0.15, 0.2) is 6.10 Å². The molecule has 4 aromatic rings. The molecule has 0 N–H and O–H groups in total. The number of ether oxygens (including phenoxy) is 2. The van der Waals surface area contributed by atoms with Crippen molar-refractivity contribution in [2.45, 2.75) is 45.3 Å². The first-order chi connectivity index (χ1) is 19.3. The Morgan fingerprint density at radius 2 is 1.85 bits per heavy atom. The van der Waals surface area contributed by atoms with E-state index in [2.05, 4.69) is 46.0 Å². The highest BCUT2D eigenvalue weighted by molar-refractivity contribution is 5.78. The number of aromatic nitrogens is 1. The van der Waals surface area contributed by atoms with Crippen LogP contribution in [0, 0.1) is 6.92 Å². The maximum atomic E-state index is 12.1. The molecule has 0 radical (unpaired) electrons. The van der Waals surface area contributed by atoms with Crippen LogP contribution >= 0.6 is 0 Å². The van der Waals surface area contributed by atoms with E-state index in [1.807, 2.05) is 48.6 Å². The van der Waals surface area contributed by atoms with Crippen molar-refractivity contribution < 1.29 is 18.4 Å². The Hall–Kier alpha value is -3.74. The van der Waals surface area contributed by atoms with Crippen LogP contribution < -0.4 is 10.4 Å². The van der Waals surface area contributed by atoms with Gasteiger partial charge in [-0.25, -0.2) is 9.78 Å². The minimum atomic E-state index is -0.915. The molecule has 0 saturated carbocycles. The van der Waals surface area contributed by atoms with E-state index in [0.717, 1.165) is 52.6 Å². The zero-order valence-corrected chi connectivity index (χ0v) is 24.1. The first-order valence-electron chi connectivity index (χ1n) is 14.1. The van der Waals surface area contributed by atoms with Crippen LogP contribution in [-0.2, 0) is 17.6 Å². The van der Waals surface area contributed by atoms with E-state index in [1.165, 1.54) is 17.2 Å². The average Bonchev–Trinajstić information content (AvgIpc) is 2.99. The predicted octanol–water partition coefficient (Wildman–Crippen LogP) is 6.30. The van der Waals surface area contributed by atoms with Crippen molar-refractivity contribution >= 4 is 17.0 Å². The second-order valence-corrected chi connectivity index (χ2v) is 11.1. The lowest BCUT2D eigenvalue weighted by Crippen LogP contribution is -2.45. The smallest absolute Gasteiger partial charge is 0.335 e. The minimum Gasteiger partial charge on any atom is -0.466 e. The molecular formula is C34H39N2O4+. The first kappa shape index (κ1) is 27.8. The molecule has 0 aliphatic heterocycles. The third kappa shape index (κ3) is 5.60. The van der Waals surface area contributed by atoms with Crippen LogP contribution in [0.5, 0.6) is 5.88 Å². The molecule has 40 heavy (non-hydrogen) atoms. The molecule has 2 atom stereocenters. The van der Waals surface area contributed by atoms with Gasteiger partial charge in [-0.05, 0) is 61.7 Å². The highest BCUT2D eigenvalue weighted by Crippen LogP contribution is 2.41. The van der Waals surface area contributed by atoms with Crippen LogP contribution in [0.2, 0.25) is 0 Å². The highest BCUT2D eigenvalue weighted by atomic mass is 16.5. The Labute approximate surface area is 236 Å². The summed E-state index contributed by atoms with van der Waals surface area (Å²) in [5, 5.41) is 1.05. The Morgan fingerprint density at radius 3 is 2.62 bits per heavy atom. The largest absolute Gasteiger partial charge is 0.466 e. The summed E-state index contributed by atoms with van der Waals surface area (Å²) in [5.41, 5.74) is 3.98. The fourth-order valence-corrected chi connectivity index (χ4v) is 5.46. The summed E-state index contributed by atoms with van der Waals surface area (Å²) >= 11 is 0. The topological polar surface area (TPSA) is 61.6 Å². The molecular weight excluding hydrogens is 500 g/mol. The van der Waals surface area contributed by atoms with Gasteiger partial charge < -0.3 is 18.4 Å². The lowest BCUT2D eigenvalue weighted by Gasteiger charge is -2.39. The highest BCUT2D eigenvalue weighted by Gasteiger charge is 2.43. The van der Waals surface area contributed by atoms with Gasteiger partial charge in [-0.2, -0.15) is 0 Å². The molecule has 208 valence electrons. The molecule has 0 saturated heterocycles. The number of quaternary nitrogens is 1. The molecule has 1 aliphatic rings. The molecule has 2 aromatic carbocycles. The molecule has 0 bridgehead atoms. The molecule has 2 unspecified atom stereocenters. The van der Waals surface area contributed by atoms with E-state index in [-0.39, 0.29) is 5.63 Å². The monoisotopic (exact) mass is 539 g/mol. The number of likely N-dealkylation sites (N-methyl/N-ethyl adjacent to an activating group) is 1. The summed E-state index contributed by atoms with van der Waals surface area (Å²) in [4.78, 5) is 16.9. The van der Waals surface area contributed by atoms with E-state index >= 15 is 0 Å². The van der Waals surface area contributed by atoms with Crippen LogP contribution in [0.25, 0.3) is 17.0 Å². The van der Waals surface area contributed by atoms with Crippen molar-refractivity contribution in [1.82, 2.24) is 4.98 Å². The van der Waals surface area contributed by atoms with Crippen LogP contribution in [0.3, 0.4) is 0 Å².